The lowest BCUT2D eigenvalue weighted by molar-refractivity contribution is -0.111. The third-order valence-corrected chi connectivity index (χ3v) is 5.10. The molecule has 0 saturated carbocycles. The van der Waals surface area contributed by atoms with Gasteiger partial charge in [0.2, 0.25) is 5.91 Å². The van der Waals surface area contributed by atoms with Gasteiger partial charge in [-0.3, -0.25) is 4.79 Å². The minimum atomic E-state index is -0.360. The number of fused-ring (bicyclic) bond motifs is 1. The van der Waals surface area contributed by atoms with Crippen molar-refractivity contribution in [1.82, 2.24) is 9.78 Å². The summed E-state index contributed by atoms with van der Waals surface area (Å²) in [5.74, 6) is 0.670. The summed E-state index contributed by atoms with van der Waals surface area (Å²) >= 11 is 0. The Bertz CT molecular complexity index is 1310. The molecule has 3 aromatic carbocycles. The standard InChI is InChI=1S/C26H20FN3O3/c27-20-8-10-21(11-9-20)28-25(31)13-7-19-17-30(22-4-2-1-3-5-22)29-26(19)18-6-12-23-24(16-18)33-15-14-32-23/h1-13,16-17H,14-15H2,(H,28,31)/b13-7+. The number of carbonyl (C=O) groups excluding carboxylic acids is 1. The van der Waals surface area contributed by atoms with Gasteiger partial charge in [0, 0.05) is 29.1 Å². The highest BCUT2D eigenvalue weighted by Gasteiger charge is 2.16. The summed E-state index contributed by atoms with van der Waals surface area (Å²) in [5.41, 5.74) is 3.70. The van der Waals surface area contributed by atoms with Gasteiger partial charge in [-0.25, -0.2) is 9.07 Å². The molecule has 0 saturated heterocycles. The van der Waals surface area contributed by atoms with E-state index in [0.29, 0.717) is 36.1 Å². The Morgan fingerprint density at radius 3 is 2.52 bits per heavy atom. The molecule has 5 rings (SSSR count). The minimum Gasteiger partial charge on any atom is -0.486 e. The number of nitrogens with zero attached hydrogens (tertiary/aromatic N) is 2. The summed E-state index contributed by atoms with van der Waals surface area (Å²) in [6, 6.07) is 21.0. The van der Waals surface area contributed by atoms with E-state index in [2.05, 4.69) is 5.32 Å². The molecule has 0 aliphatic carbocycles. The van der Waals surface area contributed by atoms with Crippen LogP contribution in [0.5, 0.6) is 11.5 Å². The zero-order valence-corrected chi connectivity index (χ0v) is 17.6. The normalized spacial score (nSPS) is 12.6. The Kier molecular flexibility index (Phi) is 5.59. The zero-order chi connectivity index (χ0) is 22.6. The van der Waals surface area contributed by atoms with E-state index < -0.39 is 0 Å². The molecule has 6 nitrogen and oxygen atoms in total. The fourth-order valence-corrected chi connectivity index (χ4v) is 3.52. The van der Waals surface area contributed by atoms with E-state index in [-0.39, 0.29) is 11.7 Å². The maximum Gasteiger partial charge on any atom is 0.248 e. The van der Waals surface area contributed by atoms with Crippen molar-refractivity contribution in [2.75, 3.05) is 18.5 Å². The summed E-state index contributed by atoms with van der Waals surface area (Å²) in [4.78, 5) is 12.4. The van der Waals surface area contributed by atoms with Crippen molar-refractivity contribution in [1.29, 1.82) is 0 Å². The first-order valence-corrected chi connectivity index (χ1v) is 10.5. The molecular formula is C26H20FN3O3. The molecule has 0 radical (unpaired) electrons. The van der Waals surface area contributed by atoms with Gasteiger partial charge in [-0.1, -0.05) is 18.2 Å². The van der Waals surface area contributed by atoms with Gasteiger partial charge in [0.1, 0.15) is 24.7 Å². The average molecular weight is 441 g/mol. The van der Waals surface area contributed by atoms with Crippen LogP contribution in [0.1, 0.15) is 5.56 Å². The number of halogens is 1. The van der Waals surface area contributed by atoms with Gasteiger partial charge in [-0.05, 0) is 60.7 Å². The summed E-state index contributed by atoms with van der Waals surface area (Å²) in [6.07, 6.45) is 5.00. The second-order valence-corrected chi connectivity index (χ2v) is 7.40. The Morgan fingerprint density at radius 1 is 0.970 bits per heavy atom. The van der Waals surface area contributed by atoms with Crippen molar-refractivity contribution in [2.24, 2.45) is 0 Å². The number of anilines is 1. The molecule has 1 N–H and O–H groups in total. The molecule has 7 heteroatoms. The maximum absolute atomic E-state index is 13.1. The zero-order valence-electron chi connectivity index (χ0n) is 17.6. The van der Waals surface area contributed by atoms with Gasteiger partial charge >= 0.3 is 0 Å². The van der Waals surface area contributed by atoms with Crippen LogP contribution in [0, 0.1) is 5.82 Å². The summed E-state index contributed by atoms with van der Waals surface area (Å²) in [6.45, 7) is 1.01. The molecule has 2 heterocycles. The molecular weight excluding hydrogens is 421 g/mol. The predicted octanol–water partition coefficient (Wildman–Crippen LogP) is 5.10. The van der Waals surface area contributed by atoms with Gasteiger partial charge in [0.05, 0.1) is 5.69 Å². The third-order valence-electron chi connectivity index (χ3n) is 5.10. The van der Waals surface area contributed by atoms with Crippen LogP contribution >= 0.6 is 0 Å². The lowest BCUT2D eigenvalue weighted by atomic mass is 10.1. The van der Waals surface area contributed by atoms with E-state index >= 15 is 0 Å². The smallest absolute Gasteiger partial charge is 0.248 e. The van der Waals surface area contributed by atoms with Gasteiger partial charge < -0.3 is 14.8 Å². The van der Waals surface area contributed by atoms with Crippen molar-refractivity contribution >= 4 is 17.7 Å². The number of para-hydroxylation sites is 1. The molecule has 164 valence electrons. The third kappa shape index (κ3) is 4.62. The van der Waals surface area contributed by atoms with E-state index in [0.717, 1.165) is 16.8 Å². The minimum absolute atomic E-state index is 0.331. The van der Waals surface area contributed by atoms with Crippen LogP contribution in [0.4, 0.5) is 10.1 Å². The first-order chi connectivity index (χ1) is 16.2. The van der Waals surface area contributed by atoms with E-state index in [1.165, 1.54) is 30.3 Å². The van der Waals surface area contributed by atoms with Crippen molar-refractivity contribution in [3.05, 3.63) is 96.4 Å². The molecule has 1 aliphatic rings. The SMILES string of the molecule is O=C(/C=C/c1cn(-c2ccccc2)nc1-c1ccc2c(c1)OCCO2)Nc1ccc(F)cc1. The van der Waals surface area contributed by atoms with Gasteiger partial charge in [-0.2, -0.15) is 5.10 Å². The fraction of sp³-hybridized carbons (Fsp3) is 0.0769. The Hall–Kier alpha value is -4.39. The van der Waals surface area contributed by atoms with E-state index in [4.69, 9.17) is 14.6 Å². The number of amides is 1. The molecule has 0 bridgehead atoms. The fourth-order valence-electron chi connectivity index (χ4n) is 3.52. The van der Waals surface area contributed by atoms with Gasteiger partial charge in [0.15, 0.2) is 11.5 Å². The summed E-state index contributed by atoms with van der Waals surface area (Å²) < 4.78 is 26.2. The van der Waals surface area contributed by atoms with Crippen molar-refractivity contribution in [3.8, 4) is 28.4 Å². The van der Waals surface area contributed by atoms with Gasteiger partial charge in [0.25, 0.3) is 0 Å². The topological polar surface area (TPSA) is 65.4 Å². The number of rotatable bonds is 5. The van der Waals surface area contributed by atoms with Crippen molar-refractivity contribution in [3.63, 3.8) is 0 Å². The molecule has 1 amide bonds. The molecule has 0 fully saturated rings. The molecule has 1 aliphatic heterocycles. The lowest BCUT2D eigenvalue weighted by Crippen LogP contribution is -2.15. The highest BCUT2D eigenvalue weighted by Crippen LogP contribution is 2.35. The molecule has 1 aromatic heterocycles. The highest BCUT2D eigenvalue weighted by molar-refractivity contribution is 6.02. The summed E-state index contributed by atoms with van der Waals surface area (Å²) in [5, 5.41) is 7.49. The van der Waals surface area contributed by atoms with Crippen molar-refractivity contribution in [2.45, 2.75) is 0 Å². The number of ether oxygens (including phenoxy) is 2. The monoisotopic (exact) mass is 441 g/mol. The van der Waals surface area contributed by atoms with Crippen LogP contribution in [0.25, 0.3) is 23.0 Å². The number of benzene rings is 3. The number of hydrogen-bond donors (Lipinski definition) is 1. The van der Waals surface area contributed by atoms with E-state index in [9.17, 15) is 9.18 Å². The Labute approximate surface area is 189 Å². The van der Waals surface area contributed by atoms with Crippen molar-refractivity contribution < 1.29 is 18.7 Å². The maximum atomic E-state index is 13.1. The van der Waals surface area contributed by atoms with Crippen LogP contribution in [-0.2, 0) is 4.79 Å². The quantitative estimate of drug-likeness (QED) is 0.438. The lowest BCUT2D eigenvalue weighted by Gasteiger charge is -2.18. The molecule has 33 heavy (non-hydrogen) atoms. The van der Waals surface area contributed by atoms with E-state index in [1.807, 2.05) is 54.7 Å². The second-order valence-electron chi connectivity index (χ2n) is 7.40. The first kappa shape index (κ1) is 20.5. The molecule has 0 atom stereocenters. The predicted molar refractivity (Wildman–Crippen MR) is 124 cm³/mol. The van der Waals surface area contributed by atoms with Gasteiger partial charge in [-0.15, -0.1) is 0 Å². The number of nitrogens with one attached hydrogen (secondary N) is 1. The second kappa shape index (κ2) is 9.00. The largest absolute Gasteiger partial charge is 0.486 e. The Morgan fingerprint density at radius 2 is 1.73 bits per heavy atom. The number of aromatic nitrogens is 2. The van der Waals surface area contributed by atoms with Crippen LogP contribution in [-0.4, -0.2) is 28.9 Å². The first-order valence-electron chi connectivity index (χ1n) is 10.5. The van der Waals surface area contributed by atoms with Crippen LogP contribution in [0.2, 0.25) is 0 Å². The number of carbonyl (C=O) groups is 1. The molecule has 0 spiro atoms. The van der Waals surface area contributed by atoms with Crippen LogP contribution < -0.4 is 14.8 Å². The highest BCUT2D eigenvalue weighted by atomic mass is 19.1. The van der Waals surface area contributed by atoms with Crippen LogP contribution in [0.3, 0.4) is 0 Å². The molecule has 0 unspecified atom stereocenters. The molecule has 4 aromatic rings. The van der Waals surface area contributed by atoms with E-state index in [1.54, 1.807) is 10.8 Å². The van der Waals surface area contributed by atoms with Crippen LogP contribution in [0.15, 0.2) is 85.1 Å². The number of hydrogen-bond acceptors (Lipinski definition) is 4. The average Bonchev–Trinajstić information content (AvgIpc) is 3.29. The Balaban J connectivity index is 1.47. The summed E-state index contributed by atoms with van der Waals surface area (Å²) in [7, 11) is 0.